The molecule has 2 aromatic carbocycles. The Balaban J connectivity index is 2.06. The van der Waals surface area contributed by atoms with Gasteiger partial charge in [0.2, 0.25) is 0 Å². The third-order valence-corrected chi connectivity index (χ3v) is 4.86. The molecule has 0 radical (unpaired) electrons. The van der Waals surface area contributed by atoms with Gasteiger partial charge in [-0.25, -0.2) is 14.0 Å². The van der Waals surface area contributed by atoms with E-state index < -0.39 is 12.0 Å². The Morgan fingerprint density at radius 1 is 1.20 bits per heavy atom. The maximum absolute atomic E-state index is 13.2. The van der Waals surface area contributed by atoms with Crippen LogP contribution in [-0.2, 0) is 9.53 Å². The molecule has 0 saturated heterocycles. The van der Waals surface area contributed by atoms with Crippen LogP contribution in [0.4, 0.5) is 9.18 Å². The van der Waals surface area contributed by atoms with Crippen LogP contribution in [0.3, 0.4) is 0 Å². The fourth-order valence-electron chi connectivity index (χ4n) is 3.26. The number of rotatable bonds is 7. The minimum absolute atomic E-state index is 0.0713. The van der Waals surface area contributed by atoms with Crippen molar-refractivity contribution in [2.24, 2.45) is 0 Å². The van der Waals surface area contributed by atoms with Gasteiger partial charge >= 0.3 is 12.0 Å². The summed E-state index contributed by atoms with van der Waals surface area (Å²) in [6.45, 7) is 3.93. The van der Waals surface area contributed by atoms with E-state index in [1.165, 1.54) is 29.2 Å². The van der Waals surface area contributed by atoms with E-state index in [1.54, 1.807) is 38.1 Å². The SMILES string of the molecule is CCOC(=O)C1=C(COc2ccc(F)cc2)N(CC)C(=O)N[C@H]1c1cccc(Cl)c1. The van der Waals surface area contributed by atoms with Crippen molar-refractivity contribution >= 4 is 23.6 Å². The van der Waals surface area contributed by atoms with Gasteiger partial charge in [0.25, 0.3) is 0 Å². The van der Waals surface area contributed by atoms with Gasteiger partial charge in [-0.2, -0.15) is 0 Å². The zero-order valence-electron chi connectivity index (χ0n) is 16.7. The zero-order chi connectivity index (χ0) is 21.7. The molecule has 0 spiro atoms. The van der Waals surface area contributed by atoms with Crippen molar-refractivity contribution in [1.29, 1.82) is 0 Å². The maximum Gasteiger partial charge on any atom is 0.338 e. The predicted molar refractivity (Wildman–Crippen MR) is 111 cm³/mol. The molecule has 0 bridgehead atoms. The summed E-state index contributed by atoms with van der Waals surface area (Å²) in [4.78, 5) is 27.1. The number of ether oxygens (including phenoxy) is 2. The summed E-state index contributed by atoms with van der Waals surface area (Å²) in [5.74, 6) is -0.533. The number of hydrogen-bond donors (Lipinski definition) is 1. The van der Waals surface area contributed by atoms with E-state index in [9.17, 15) is 14.0 Å². The zero-order valence-corrected chi connectivity index (χ0v) is 17.4. The van der Waals surface area contributed by atoms with Crippen LogP contribution in [-0.4, -0.2) is 36.7 Å². The highest BCUT2D eigenvalue weighted by Gasteiger charge is 2.38. The standard InChI is InChI=1S/C22H22ClFN2O4/c1-3-26-18(13-30-17-10-8-16(24)9-11-17)19(21(27)29-4-2)20(25-22(26)28)14-6-5-7-15(23)12-14/h5-12,20H,3-4,13H2,1-2H3,(H,25,28)/t20-/m0/s1. The summed E-state index contributed by atoms with van der Waals surface area (Å²) in [5.41, 5.74) is 1.30. The molecular formula is C22H22ClFN2O4. The third kappa shape index (κ3) is 4.74. The van der Waals surface area contributed by atoms with Gasteiger partial charge in [-0.1, -0.05) is 23.7 Å². The van der Waals surface area contributed by atoms with Crippen LogP contribution in [0, 0.1) is 5.82 Å². The Morgan fingerprint density at radius 3 is 2.57 bits per heavy atom. The minimum Gasteiger partial charge on any atom is -0.487 e. The number of halogens is 2. The van der Waals surface area contributed by atoms with Gasteiger partial charge in [-0.15, -0.1) is 0 Å². The highest BCUT2D eigenvalue weighted by molar-refractivity contribution is 6.30. The second-order valence-corrected chi connectivity index (χ2v) is 6.94. The molecule has 30 heavy (non-hydrogen) atoms. The van der Waals surface area contributed by atoms with Crippen molar-refractivity contribution in [2.45, 2.75) is 19.9 Å². The summed E-state index contributed by atoms with van der Waals surface area (Å²) in [6, 6.07) is 11.3. The van der Waals surface area contributed by atoms with Crippen molar-refractivity contribution in [3.05, 3.63) is 76.2 Å². The number of esters is 1. The first-order chi connectivity index (χ1) is 14.4. The molecule has 158 valence electrons. The molecule has 1 atom stereocenters. The smallest absolute Gasteiger partial charge is 0.338 e. The summed E-state index contributed by atoms with van der Waals surface area (Å²) in [6.07, 6.45) is 0. The average molecular weight is 433 g/mol. The molecule has 2 amide bonds. The molecule has 6 nitrogen and oxygen atoms in total. The Hall–Kier alpha value is -3.06. The van der Waals surface area contributed by atoms with Crippen LogP contribution in [0.5, 0.6) is 5.75 Å². The van der Waals surface area contributed by atoms with Crippen LogP contribution in [0.1, 0.15) is 25.5 Å². The topological polar surface area (TPSA) is 67.9 Å². The summed E-state index contributed by atoms with van der Waals surface area (Å²) in [5, 5.41) is 3.33. The van der Waals surface area contributed by atoms with Crippen LogP contribution in [0.25, 0.3) is 0 Å². The minimum atomic E-state index is -0.745. The van der Waals surface area contributed by atoms with Crippen molar-refractivity contribution in [3.8, 4) is 5.75 Å². The second kappa shape index (κ2) is 9.63. The number of hydrogen-bond acceptors (Lipinski definition) is 4. The van der Waals surface area contributed by atoms with Gasteiger partial charge in [0, 0.05) is 11.6 Å². The van der Waals surface area contributed by atoms with E-state index in [2.05, 4.69) is 5.32 Å². The van der Waals surface area contributed by atoms with Gasteiger partial charge in [-0.05, 0) is 55.8 Å². The Bertz CT molecular complexity index is 962. The number of carbonyl (C=O) groups is 2. The highest BCUT2D eigenvalue weighted by Crippen LogP contribution is 2.33. The van der Waals surface area contributed by atoms with E-state index in [4.69, 9.17) is 21.1 Å². The number of urea groups is 1. The molecule has 0 unspecified atom stereocenters. The van der Waals surface area contributed by atoms with E-state index in [0.29, 0.717) is 28.6 Å². The van der Waals surface area contributed by atoms with Gasteiger partial charge < -0.3 is 14.8 Å². The summed E-state index contributed by atoms with van der Waals surface area (Å²) in [7, 11) is 0. The molecule has 8 heteroatoms. The lowest BCUT2D eigenvalue weighted by Crippen LogP contribution is -2.49. The van der Waals surface area contributed by atoms with Crippen LogP contribution in [0.2, 0.25) is 5.02 Å². The Kier molecular flexibility index (Phi) is 6.95. The van der Waals surface area contributed by atoms with E-state index >= 15 is 0 Å². The van der Waals surface area contributed by atoms with Crippen LogP contribution < -0.4 is 10.1 Å². The monoisotopic (exact) mass is 432 g/mol. The number of likely N-dealkylation sites (N-methyl/N-ethyl adjacent to an activating group) is 1. The second-order valence-electron chi connectivity index (χ2n) is 6.51. The summed E-state index contributed by atoms with van der Waals surface area (Å²) < 4.78 is 24.2. The summed E-state index contributed by atoms with van der Waals surface area (Å²) >= 11 is 6.12. The largest absolute Gasteiger partial charge is 0.487 e. The first-order valence-electron chi connectivity index (χ1n) is 9.56. The Morgan fingerprint density at radius 2 is 1.93 bits per heavy atom. The van der Waals surface area contributed by atoms with Crippen LogP contribution >= 0.6 is 11.6 Å². The normalized spacial score (nSPS) is 16.3. The van der Waals surface area contributed by atoms with E-state index in [0.717, 1.165) is 0 Å². The van der Waals surface area contributed by atoms with Crippen molar-refractivity contribution in [2.75, 3.05) is 19.8 Å². The number of carbonyl (C=O) groups excluding carboxylic acids is 2. The van der Waals surface area contributed by atoms with Crippen LogP contribution in [0.15, 0.2) is 59.8 Å². The molecule has 0 aromatic heterocycles. The lowest BCUT2D eigenvalue weighted by Gasteiger charge is -2.36. The number of benzene rings is 2. The molecule has 1 aliphatic rings. The number of nitrogens with one attached hydrogen (secondary N) is 1. The fraction of sp³-hybridized carbons (Fsp3) is 0.273. The predicted octanol–water partition coefficient (Wildman–Crippen LogP) is 4.46. The molecule has 1 aliphatic heterocycles. The highest BCUT2D eigenvalue weighted by atomic mass is 35.5. The molecule has 0 fully saturated rings. The molecular weight excluding hydrogens is 411 g/mol. The van der Waals surface area contributed by atoms with Gasteiger partial charge in [0.05, 0.1) is 23.9 Å². The van der Waals surface area contributed by atoms with Crippen molar-refractivity contribution in [3.63, 3.8) is 0 Å². The number of nitrogens with zero attached hydrogens (tertiary/aromatic N) is 1. The maximum atomic E-state index is 13.2. The molecule has 2 aromatic rings. The molecule has 0 aliphatic carbocycles. The van der Waals surface area contributed by atoms with Crippen molar-refractivity contribution in [1.82, 2.24) is 10.2 Å². The van der Waals surface area contributed by atoms with E-state index in [-0.39, 0.29) is 30.6 Å². The molecule has 1 heterocycles. The molecule has 0 saturated carbocycles. The lowest BCUT2D eigenvalue weighted by molar-refractivity contribution is -0.139. The first kappa shape index (κ1) is 21.6. The average Bonchev–Trinajstić information content (AvgIpc) is 2.73. The van der Waals surface area contributed by atoms with Gasteiger partial charge in [0.15, 0.2) is 0 Å². The fourth-order valence-corrected chi connectivity index (χ4v) is 3.46. The lowest BCUT2D eigenvalue weighted by atomic mass is 9.94. The van der Waals surface area contributed by atoms with E-state index in [1.807, 2.05) is 0 Å². The molecule has 1 N–H and O–H groups in total. The van der Waals surface area contributed by atoms with Crippen molar-refractivity contribution < 1.29 is 23.5 Å². The Labute approximate surface area is 179 Å². The third-order valence-electron chi connectivity index (χ3n) is 4.62. The van der Waals surface area contributed by atoms with Gasteiger partial charge in [0.1, 0.15) is 18.2 Å². The molecule has 3 rings (SSSR count). The first-order valence-corrected chi connectivity index (χ1v) is 9.94. The van der Waals surface area contributed by atoms with Gasteiger partial charge in [-0.3, -0.25) is 4.90 Å². The quantitative estimate of drug-likeness (QED) is 0.656. The number of amides is 2.